The minimum Gasteiger partial charge on any atom is -0.351 e. The molecule has 3 aliphatic rings. The monoisotopic (exact) mass is 335 g/mol. The summed E-state index contributed by atoms with van der Waals surface area (Å²) in [5.74, 6) is 1.33. The van der Waals surface area contributed by atoms with Gasteiger partial charge in [-0.05, 0) is 62.3 Å². The van der Waals surface area contributed by atoms with Gasteiger partial charge in [-0.3, -0.25) is 0 Å². The Morgan fingerprint density at radius 3 is 2.60 bits per heavy atom. The van der Waals surface area contributed by atoms with E-state index in [-0.39, 0.29) is 0 Å². The van der Waals surface area contributed by atoms with Crippen LogP contribution in [0.5, 0.6) is 0 Å². The first-order chi connectivity index (χ1) is 12.3. The van der Waals surface area contributed by atoms with Gasteiger partial charge in [0.2, 0.25) is 0 Å². The molecule has 2 aliphatic carbocycles. The van der Waals surface area contributed by atoms with E-state index in [1.807, 2.05) is 12.1 Å². The van der Waals surface area contributed by atoms with Crippen LogP contribution in [-0.2, 0) is 6.42 Å². The third-order valence-electron chi connectivity index (χ3n) is 6.67. The number of nitriles is 1. The van der Waals surface area contributed by atoms with E-state index in [2.05, 4.69) is 24.0 Å². The lowest BCUT2D eigenvalue weighted by molar-refractivity contribution is 0.148. The van der Waals surface area contributed by atoms with E-state index < -0.39 is 0 Å². The second-order valence-electron chi connectivity index (χ2n) is 8.08. The molecule has 0 aromatic heterocycles. The lowest BCUT2D eigenvalue weighted by Crippen LogP contribution is -2.48. The van der Waals surface area contributed by atoms with E-state index in [9.17, 15) is 0 Å². The average Bonchev–Trinajstić information content (AvgIpc) is 3.38. The lowest BCUT2D eigenvalue weighted by Gasteiger charge is -2.41. The Morgan fingerprint density at radius 2 is 1.92 bits per heavy atom. The molecule has 2 saturated carbocycles. The molecular weight excluding hydrogens is 306 g/mol. The first-order valence-corrected chi connectivity index (χ1v) is 10.2. The maximum absolute atomic E-state index is 9.16. The van der Waals surface area contributed by atoms with Crippen LogP contribution in [0.3, 0.4) is 0 Å². The Bertz CT molecular complexity index is 700. The van der Waals surface area contributed by atoms with Crippen molar-refractivity contribution in [2.24, 2.45) is 4.99 Å². The molecule has 1 aliphatic heterocycles. The maximum atomic E-state index is 9.16. The Labute approximate surface area is 151 Å². The highest BCUT2D eigenvalue weighted by atomic mass is 15.3. The molecule has 3 nitrogen and oxygen atoms in total. The van der Waals surface area contributed by atoms with E-state index in [1.165, 1.54) is 69.2 Å². The second kappa shape index (κ2) is 6.83. The normalized spacial score (nSPS) is 24.5. The molecule has 0 radical (unpaired) electrons. The van der Waals surface area contributed by atoms with Crippen molar-refractivity contribution in [2.45, 2.75) is 89.1 Å². The quantitative estimate of drug-likeness (QED) is 0.731. The highest BCUT2D eigenvalue weighted by Crippen LogP contribution is 2.47. The number of aliphatic imine (C=N–C) groups is 1. The van der Waals surface area contributed by atoms with Crippen LogP contribution in [0.15, 0.2) is 23.2 Å². The molecule has 1 aromatic carbocycles. The van der Waals surface area contributed by atoms with Crippen LogP contribution in [0.25, 0.3) is 0 Å². The van der Waals surface area contributed by atoms with E-state index in [0.717, 1.165) is 24.1 Å². The fourth-order valence-electron chi connectivity index (χ4n) is 5.44. The van der Waals surface area contributed by atoms with Gasteiger partial charge in [0.1, 0.15) is 5.84 Å². The number of aryl methyl sites for hydroxylation is 1. The predicted molar refractivity (Wildman–Crippen MR) is 102 cm³/mol. The van der Waals surface area contributed by atoms with E-state index >= 15 is 0 Å². The molecule has 3 fully saturated rings. The number of likely N-dealkylation sites (tertiary alicyclic amines) is 1. The standard InChI is InChI=1S/C22H29N3/c1-2-18-15-17(16-23)9-10-20(18)24-21-11-14-22(12-5-6-13-22)25(21)19-7-3-4-8-19/h9-10,15,19H,2-8,11-14H2,1H3. The molecule has 0 amide bonds. The van der Waals surface area contributed by atoms with Crippen LogP contribution >= 0.6 is 0 Å². The molecule has 1 aromatic rings. The molecule has 0 bridgehead atoms. The molecule has 4 rings (SSSR count). The zero-order chi connectivity index (χ0) is 17.3. The molecular formula is C22H29N3. The van der Waals surface area contributed by atoms with Gasteiger partial charge in [0.25, 0.3) is 0 Å². The van der Waals surface area contributed by atoms with E-state index in [0.29, 0.717) is 11.6 Å². The number of rotatable bonds is 3. The van der Waals surface area contributed by atoms with Crippen molar-refractivity contribution < 1.29 is 0 Å². The van der Waals surface area contributed by atoms with E-state index in [1.54, 1.807) is 0 Å². The lowest BCUT2D eigenvalue weighted by atomic mass is 9.93. The summed E-state index contributed by atoms with van der Waals surface area (Å²) in [5.41, 5.74) is 3.43. The largest absolute Gasteiger partial charge is 0.351 e. The van der Waals surface area contributed by atoms with Gasteiger partial charge in [-0.25, -0.2) is 4.99 Å². The van der Waals surface area contributed by atoms with Crippen LogP contribution in [0.1, 0.15) is 82.3 Å². The van der Waals surface area contributed by atoms with Crippen molar-refractivity contribution in [1.82, 2.24) is 4.90 Å². The van der Waals surface area contributed by atoms with Gasteiger partial charge in [-0.2, -0.15) is 5.26 Å². The third-order valence-corrected chi connectivity index (χ3v) is 6.67. The molecule has 25 heavy (non-hydrogen) atoms. The van der Waals surface area contributed by atoms with Crippen LogP contribution in [0, 0.1) is 11.3 Å². The maximum Gasteiger partial charge on any atom is 0.106 e. The Hall–Kier alpha value is -1.82. The van der Waals surface area contributed by atoms with Crippen LogP contribution < -0.4 is 0 Å². The molecule has 1 spiro atoms. The van der Waals surface area contributed by atoms with Crippen molar-refractivity contribution in [2.75, 3.05) is 0 Å². The molecule has 1 heterocycles. The first-order valence-electron chi connectivity index (χ1n) is 10.2. The third kappa shape index (κ3) is 2.97. The zero-order valence-corrected chi connectivity index (χ0v) is 15.4. The van der Waals surface area contributed by atoms with Crippen molar-refractivity contribution in [3.8, 4) is 6.07 Å². The summed E-state index contributed by atoms with van der Waals surface area (Å²) in [7, 11) is 0. The summed E-state index contributed by atoms with van der Waals surface area (Å²) in [6, 6.07) is 8.95. The summed E-state index contributed by atoms with van der Waals surface area (Å²) in [6.07, 6.45) is 14.3. The molecule has 0 N–H and O–H groups in total. The number of amidine groups is 1. The van der Waals surface area contributed by atoms with Crippen molar-refractivity contribution >= 4 is 11.5 Å². The highest BCUT2D eigenvalue weighted by Gasteiger charge is 2.48. The smallest absolute Gasteiger partial charge is 0.106 e. The topological polar surface area (TPSA) is 39.4 Å². The number of nitrogens with zero attached hydrogens (tertiary/aromatic N) is 3. The van der Waals surface area contributed by atoms with E-state index in [4.69, 9.17) is 10.3 Å². The minimum absolute atomic E-state index is 0.410. The van der Waals surface area contributed by atoms with Gasteiger partial charge < -0.3 is 4.90 Å². The number of hydrogen-bond donors (Lipinski definition) is 0. The Kier molecular flexibility index (Phi) is 4.54. The van der Waals surface area contributed by atoms with Gasteiger partial charge in [0, 0.05) is 18.0 Å². The van der Waals surface area contributed by atoms with Crippen LogP contribution in [0.2, 0.25) is 0 Å². The first kappa shape index (κ1) is 16.6. The van der Waals surface area contributed by atoms with Crippen molar-refractivity contribution in [3.63, 3.8) is 0 Å². The summed E-state index contributed by atoms with van der Waals surface area (Å²) in [5, 5.41) is 9.16. The molecule has 1 saturated heterocycles. The molecule has 132 valence electrons. The van der Waals surface area contributed by atoms with Crippen LogP contribution in [-0.4, -0.2) is 22.3 Å². The van der Waals surface area contributed by atoms with Gasteiger partial charge in [0.05, 0.1) is 17.3 Å². The summed E-state index contributed by atoms with van der Waals surface area (Å²) < 4.78 is 0. The molecule has 0 atom stereocenters. The second-order valence-corrected chi connectivity index (χ2v) is 8.08. The minimum atomic E-state index is 0.410. The van der Waals surface area contributed by atoms with Gasteiger partial charge in [-0.15, -0.1) is 0 Å². The Morgan fingerprint density at radius 1 is 1.16 bits per heavy atom. The average molecular weight is 335 g/mol. The van der Waals surface area contributed by atoms with Gasteiger partial charge >= 0.3 is 0 Å². The van der Waals surface area contributed by atoms with Crippen LogP contribution in [0.4, 0.5) is 5.69 Å². The fraction of sp³-hybridized carbons (Fsp3) is 0.636. The molecule has 3 heteroatoms. The summed E-state index contributed by atoms with van der Waals surface area (Å²) >= 11 is 0. The summed E-state index contributed by atoms with van der Waals surface area (Å²) in [4.78, 5) is 7.96. The number of hydrogen-bond acceptors (Lipinski definition) is 2. The van der Waals surface area contributed by atoms with Crippen molar-refractivity contribution in [3.05, 3.63) is 29.3 Å². The van der Waals surface area contributed by atoms with Crippen molar-refractivity contribution in [1.29, 1.82) is 5.26 Å². The zero-order valence-electron chi connectivity index (χ0n) is 15.4. The molecule has 0 unspecified atom stereocenters. The highest BCUT2D eigenvalue weighted by molar-refractivity contribution is 5.88. The number of benzene rings is 1. The van der Waals surface area contributed by atoms with Gasteiger partial charge in [-0.1, -0.05) is 32.6 Å². The summed E-state index contributed by atoms with van der Waals surface area (Å²) in [6.45, 7) is 2.15. The SMILES string of the molecule is CCc1cc(C#N)ccc1N=C1CCC2(CCCC2)N1C1CCCC1. The van der Waals surface area contributed by atoms with Gasteiger partial charge in [0.15, 0.2) is 0 Å². The Balaban J connectivity index is 1.71. The fourth-order valence-corrected chi connectivity index (χ4v) is 5.44. The predicted octanol–water partition coefficient (Wildman–Crippen LogP) is 5.50.